The van der Waals surface area contributed by atoms with Crippen LogP contribution >= 0.6 is 0 Å². The molecule has 0 aromatic heterocycles. The first-order chi connectivity index (χ1) is 5.70. The highest BCUT2D eigenvalue weighted by Gasteiger charge is 2.16. The molecule has 12 heavy (non-hydrogen) atoms. The van der Waals surface area contributed by atoms with Gasteiger partial charge in [0.05, 0.1) is 6.10 Å². The van der Waals surface area contributed by atoms with Gasteiger partial charge in [0.25, 0.3) is 0 Å². The SMILES string of the molecule is CC(=O)N(C)CC1CCCCO1. The Morgan fingerprint density at radius 1 is 1.58 bits per heavy atom. The number of nitrogens with zero attached hydrogens (tertiary/aromatic N) is 1. The summed E-state index contributed by atoms with van der Waals surface area (Å²) in [7, 11) is 1.82. The number of hydrogen-bond acceptors (Lipinski definition) is 2. The molecule has 1 rings (SSSR count). The minimum absolute atomic E-state index is 0.115. The largest absolute Gasteiger partial charge is 0.376 e. The van der Waals surface area contributed by atoms with Crippen molar-refractivity contribution in [2.24, 2.45) is 0 Å². The monoisotopic (exact) mass is 171 g/mol. The van der Waals surface area contributed by atoms with Crippen molar-refractivity contribution in [3.05, 3.63) is 0 Å². The van der Waals surface area contributed by atoms with E-state index >= 15 is 0 Å². The Morgan fingerprint density at radius 2 is 2.33 bits per heavy atom. The van der Waals surface area contributed by atoms with E-state index < -0.39 is 0 Å². The smallest absolute Gasteiger partial charge is 0.219 e. The summed E-state index contributed by atoms with van der Waals surface area (Å²) in [5.41, 5.74) is 0. The fraction of sp³-hybridized carbons (Fsp3) is 0.889. The Labute approximate surface area is 73.7 Å². The van der Waals surface area contributed by atoms with E-state index in [0.717, 1.165) is 19.6 Å². The average molecular weight is 171 g/mol. The van der Waals surface area contributed by atoms with Crippen LogP contribution < -0.4 is 0 Å². The van der Waals surface area contributed by atoms with Crippen molar-refractivity contribution in [3.63, 3.8) is 0 Å². The zero-order chi connectivity index (χ0) is 8.97. The molecule has 1 unspecified atom stereocenters. The van der Waals surface area contributed by atoms with Crippen molar-refractivity contribution >= 4 is 5.91 Å². The summed E-state index contributed by atoms with van der Waals surface area (Å²) in [5, 5.41) is 0. The van der Waals surface area contributed by atoms with E-state index in [-0.39, 0.29) is 12.0 Å². The summed E-state index contributed by atoms with van der Waals surface area (Å²) in [5.74, 6) is 0.115. The highest BCUT2D eigenvalue weighted by Crippen LogP contribution is 2.13. The molecule has 1 aliphatic heterocycles. The number of carbonyl (C=O) groups excluding carboxylic acids is 1. The molecular formula is C9H17NO2. The van der Waals surface area contributed by atoms with E-state index in [0.29, 0.717) is 0 Å². The Bertz CT molecular complexity index is 153. The minimum atomic E-state index is 0.115. The fourth-order valence-electron chi connectivity index (χ4n) is 1.39. The van der Waals surface area contributed by atoms with E-state index in [1.807, 2.05) is 7.05 Å². The second kappa shape index (κ2) is 4.45. The maximum Gasteiger partial charge on any atom is 0.219 e. The molecule has 1 amide bonds. The Hall–Kier alpha value is -0.570. The van der Waals surface area contributed by atoms with Gasteiger partial charge in [-0.3, -0.25) is 4.79 Å². The van der Waals surface area contributed by atoms with Gasteiger partial charge in [0.2, 0.25) is 5.91 Å². The van der Waals surface area contributed by atoms with E-state index in [4.69, 9.17) is 4.74 Å². The summed E-state index contributed by atoms with van der Waals surface area (Å²) in [4.78, 5) is 12.6. The van der Waals surface area contributed by atoms with Crippen LogP contribution in [-0.2, 0) is 9.53 Å². The lowest BCUT2D eigenvalue weighted by Gasteiger charge is -2.26. The zero-order valence-electron chi connectivity index (χ0n) is 7.88. The van der Waals surface area contributed by atoms with Gasteiger partial charge in [-0.05, 0) is 19.3 Å². The third-order valence-electron chi connectivity index (χ3n) is 2.29. The molecule has 0 aromatic carbocycles. The lowest BCUT2D eigenvalue weighted by molar-refractivity contribution is -0.129. The van der Waals surface area contributed by atoms with Gasteiger partial charge in [0.15, 0.2) is 0 Å². The molecule has 0 saturated carbocycles. The van der Waals surface area contributed by atoms with Gasteiger partial charge in [0, 0.05) is 27.1 Å². The van der Waals surface area contributed by atoms with Crippen LogP contribution in [0.4, 0.5) is 0 Å². The molecule has 0 bridgehead atoms. The average Bonchev–Trinajstić information content (AvgIpc) is 2.06. The van der Waals surface area contributed by atoms with E-state index in [9.17, 15) is 4.79 Å². The highest BCUT2D eigenvalue weighted by molar-refractivity contribution is 5.72. The number of rotatable bonds is 2. The van der Waals surface area contributed by atoms with Crippen LogP contribution in [0.15, 0.2) is 0 Å². The Kier molecular flexibility index (Phi) is 3.53. The molecule has 0 spiro atoms. The second-order valence-corrected chi connectivity index (χ2v) is 3.39. The summed E-state index contributed by atoms with van der Waals surface area (Å²) in [6, 6.07) is 0. The molecule has 1 atom stereocenters. The van der Waals surface area contributed by atoms with Crippen LogP contribution in [0, 0.1) is 0 Å². The van der Waals surface area contributed by atoms with Crippen LogP contribution in [0.25, 0.3) is 0 Å². The number of amides is 1. The van der Waals surface area contributed by atoms with Crippen LogP contribution in [0.1, 0.15) is 26.2 Å². The topological polar surface area (TPSA) is 29.5 Å². The predicted molar refractivity (Wildman–Crippen MR) is 46.9 cm³/mol. The summed E-state index contributed by atoms with van der Waals surface area (Å²) < 4.78 is 5.50. The lowest BCUT2D eigenvalue weighted by Crippen LogP contribution is -2.35. The van der Waals surface area contributed by atoms with Crippen LogP contribution in [-0.4, -0.2) is 37.1 Å². The third kappa shape index (κ3) is 2.81. The van der Waals surface area contributed by atoms with E-state index in [1.165, 1.54) is 12.8 Å². The van der Waals surface area contributed by atoms with Crippen molar-refractivity contribution in [3.8, 4) is 0 Å². The molecule has 0 N–H and O–H groups in total. The van der Waals surface area contributed by atoms with Gasteiger partial charge in [-0.25, -0.2) is 0 Å². The van der Waals surface area contributed by atoms with Gasteiger partial charge in [-0.2, -0.15) is 0 Å². The molecule has 1 aliphatic rings. The number of ether oxygens (including phenoxy) is 1. The number of hydrogen-bond donors (Lipinski definition) is 0. The Morgan fingerprint density at radius 3 is 2.83 bits per heavy atom. The first-order valence-corrected chi connectivity index (χ1v) is 4.53. The molecule has 0 radical (unpaired) electrons. The standard InChI is InChI=1S/C9H17NO2/c1-8(11)10(2)7-9-5-3-4-6-12-9/h9H,3-7H2,1-2H3. The molecule has 1 fully saturated rings. The van der Waals surface area contributed by atoms with Gasteiger partial charge in [0.1, 0.15) is 0 Å². The highest BCUT2D eigenvalue weighted by atomic mass is 16.5. The minimum Gasteiger partial charge on any atom is -0.376 e. The van der Waals surface area contributed by atoms with Gasteiger partial charge < -0.3 is 9.64 Å². The van der Waals surface area contributed by atoms with Crippen molar-refractivity contribution in [1.29, 1.82) is 0 Å². The van der Waals surface area contributed by atoms with Crippen LogP contribution in [0.5, 0.6) is 0 Å². The maximum atomic E-state index is 10.9. The van der Waals surface area contributed by atoms with Crippen LogP contribution in [0.2, 0.25) is 0 Å². The van der Waals surface area contributed by atoms with Gasteiger partial charge >= 0.3 is 0 Å². The molecule has 0 aromatic rings. The molecule has 1 heterocycles. The van der Waals surface area contributed by atoms with Gasteiger partial charge in [-0.1, -0.05) is 0 Å². The normalized spacial score (nSPS) is 23.7. The molecule has 0 aliphatic carbocycles. The summed E-state index contributed by atoms with van der Waals surface area (Å²) >= 11 is 0. The quantitative estimate of drug-likeness (QED) is 0.621. The fourth-order valence-corrected chi connectivity index (χ4v) is 1.39. The van der Waals surface area contributed by atoms with Crippen molar-refractivity contribution in [1.82, 2.24) is 4.90 Å². The molecule has 3 nitrogen and oxygen atoms in total. The number of likely N-dealkylation sites (N-methyl/N-ethyl adjacent to an activating group) is 1. The van der Waals surface area contributed by atoms with E-state index in [1.54, 1.807) is 11.8 Å². The van der Waals surface area contributed by atoms with E-state index in [2.05, 4.69) is 0 Å². The first kappa shape index (κ1) is 9.52. The predicted octanol–water partition coefficient (Wildman–Crippen LogP) is 1.03. The van der Waals surface area contributed by atoms with Gasteiger partial charge in [-0.15, -0.1) is 0 Å². The zero-order valence-corrected chi connectivity index (χ0v) is 7.88. The molecular weight excluding hydrogens is 154 g/mol. The Balaban J connectivity index is 2.24. The molecule has 1 saturated heterocycles. The van der Waals surface area contributed by atoms with Crippen molar-refractivity contribution in [2.75, 3.05) is 20.2 Å². The van der Waals surface area contributed by atoms with Crippen molar-refractivity contribution in [2.45, 2.75) is 32.3 Å². The summed E-state index contributed by atoms with van der Waals surface area (Å²) in [6.45, 7) is 3.19. The van der Waals surface area contributed by atoms with Crippen molar-refractivity contribution < 1.29 is 9.53 Å². The molecule has 70 valence electrons. The maximum absolute atomic E-state index is 10.9. The lowest BCUT2D eigenvalue weighted by atomic mass is 10.1. The third-order valence-corrected chi connectivity index (χ3v) is 2.29. The first-order valence-electron chi connectivity index (χ1n) is 4.53. The molecule has 3 heteroatoms. The van der Waals surface area contributed by atoms with Crippen LogP contribution in [0.3, 0.4) is 0 Å². The second-order valence-electron chi connectivity index (χ2n) is 3.39. The number of carbonyl (C=O) groups is 1. The summed E-state index contributed by atoms with van der Waals surface area (Å²) in [6.07, 6.45) is 3.77.